The molecule has 26 heavy (non-hydrogen) atoms. The lowest BCUT2D eigenvalue weighted by atomic mass is 9.87. The number of hydrogen-bond acceptors (Lipinski definition) is 4. The van der Waals surface area contributed by atoms with E-state index in [-0.39, 0.29) is 11.8 Å². The van der Waals surface area contributed by atoms with Crippen molar-refractivity contribution in [1.82, 2.24) is 14.7 Å². The third-order valence-corrected chi connectivity index (χ3v) is 6.91. The second-order valence-corrected chi connectivity index (χ2v) is 8.97. The molecular weight excluding hydrogens is 362 g/mol. The van der Waals surface area contributed by atoms with Gasteiger partial charge in [0, 0.05) is 45.9 Å². The van der Waals surface area contributed by atoms with E-state index in [9.17, 15) is 4.79 Å². The first kappa shape index (κ1) is 17.2. The van der Waals surface area contributed by atoms with Crippen LogP contribution in [0.4, 0.5) is 0 Å². The maximum absolute atomic E-state index is 12.3. The molecule has 1 amide bonds. The third kappa shape index (κ3) is 2.83. The zero-order valence-corrected chi connectivity index (χ0v) is 16.8. The van der Waals surface area contributed by atoms with Gasteiger partial charge in [0.2, 0.25) is 5.91 Å². The van der Waals surface area contributed by atoms with Crippen molar-refractivity contribution >= 4 is 28.6 Å². The topological polar surface area (TPSA) is 38.1 Å². The normalized spacial score (nSPS) is 16.6. The monoisotopic (exact) mass is 383 g/mol. The quantitative estimate of drug-likeness (QED) is 0.625. The number of fused-ring (bicyclic) bond motifs is 1. The molecule has 0 saturated heterocycles. The predicted molar refractivity (Wildman–Crippen MR) is 108 cm³/mol. The van der Waals surface area contributed by atoms with Crippen LogP contribution >= 0.6 is 22.7 Å². The van der Waals surface area contributed by atoms with Gasteiger partial charge in [0.25, 0.3) is 0 Å². The molecule has 3 aromatic heterocycles. The second kappa shape index (κ2) is 6.52. The summed E-state index contributed by atoms with van der Waals surface area (Å²) in [4.78, 5) is 18.1. The highest BCUT2D eigenvalue weighted by atomic mass is 32.1. The lowest BCUT2D eigenvalue weighted by Crippen LogP contribution is -2.36. The summed E-state index contributed by atoms with van der Waals surface area (Å²) in [6.07, 6.45) is 3.50. The van der Waals surface area contributed by atoms with Crippen LogP contribution in [0.15, 0.2) is 36.4 Å². The molecule has 134 valence electrons. The van der Waals surface area contributed by atoms with Crippen molar-refractivity contribution in [2.75, 3.05) is 6.54 Å². The van der Waals surface area contributed by atoms with E-state index in [0.717, 1.165) is 5.69 Å². The highest BCUT2D eigenvalue weighted by Gasteiger charge is 2.32. The SMILES string of the molecule is C=CC(=O)N1Cc2sc(C)cc2C(c2ccsc2-c2cn(C)nc2C)C1. The molecule has 0 aromatic carbocycles. The van der Waals surface area contributed by atoms with Crippen molar-refractivity contribution in [1.29, 1.82) is 0 Å². The molecule has 1 aliphatic heterocycles. The fraction of sp³-hybridized carbons (Fsp3) is 0.300. The number of carbonyl (C=O) groups excluding carboxylic acids is 1. The van der Waals surface area contributed by atoms with Gasteiger partial charge < -0.3 is 4.90 Å². The summed E-state index contributed by atoms with van der Waals surface area (Å²) in [5.41, 5.74) is 4.86. The molecule has 0 radical (unpaired) electrons. The minimum absolute atomic E-state index is 0.000964. The van der Waals surface area contributed by atoms with Gasteiger partial charge in [-0.3, -0.25) is 9.48 Å². The van der Waals surface area contributed by atoms with E-state index in [1.165, 1.54) is 37.4 Å². The van der Waals surface area contributed by atoms with Crippen LogP contribution in [0.2, 0.25) is 0 Å². The van der Waals surface area contributed by atoms with Crippen LogP contribution in [-0.4, -0.2) is 27.1 Å². The van der Waals surface area contributed by atoms with Gasteiger partial charge in [-0.1, -0.05) is 6.58 Å². The van der Waals surface area contributed by atoms with Gasteiger partial charge in [-0.2, -0.15) is 5.10 Å². The van der Waals surface area contributed by atoms with E-state index >= 15 is 0 Å². The average molecular weight is 384 g/mol. The number of carbonyl (C=O) groups is 1. The molecule has 1 aliphatic rings. The number of nitrogens with zero attached hydrogens (tertiary/aromatic N) is 3. The Morgan fingerprint density at radius 2 is 2.19 bits per heavy atom. The van der Waals surface area contributed by atoms with Crippen molar-refractivity contribution in [3.05, 3.63) is 62.9 Å². The lowest BCUT2D eigenvalue weighted by molar-refractivity contribution is -0.127. The summed E-state index contributed by atoms with van der Waals surface area (Å²) in [7, 11) is 1.95. The van der Waals surface area contributed by atoms with Crippen LogP contribution in [0, 0.1) is 13.8 Å². The number of aromatic nitrogens is 2. The van der Waals surface area contributed by atoms with Crippen LogP contribution in [0.25, 0.3) is 10.4 Å². The summed E-state index contributed by atoms with van der Waals surface area (Å²) in [5, 5.41) is 6.65. The zero-order chi connectivity index (χ0) is 18.4. The molecular formula is C20H21N3OS2. The Bertz CT molecular complexity index is 995. The summed E-state index contributed by atoms with van der Waals surface area (Å²) >= 11 is 3.54. The maximum Gasteiger partial charge on any atom is 0.246 e. The fourth-order valence-corrected chi connectivity index (χ4v) is 5.89. The molecule has 0 fully saturated rings. The highest BCUT2D eigenvalue weighted by Crippen LogP contribution is 2.44. The smallest absolute Gasteiger partial charge is 0.246 e. The van der Waals surface area contributed by atoms with Crippen molar-refractivity contribution < 1.29 is 4.79 Å². The van der Waals surface area contributed by atoms with E-state index < -0.39 is 0 Å². The molecule has 6 heteroatoms. The summed E-state index contributed by atoms with van der Waals surface area (Å²) in [6.45, 7) is 9.23. The Balaban J connectivity index is 1.82. The standard InChI is InChI=1S/C20H21N3OS2/c1-5-19(24)23-10-17(15-8-12(2)26-18(15)11-23)14-6-7-25-20(14)16-9-22(4)21-13(16)3/h5-9,17H,1,10-11H2,2-4H3. The van der Waals surface area contributed by atoms with Crippen LogP contribution < -0.4 is 0 Å². The zero-order valence-electron chi connectivity index (χ0n) is 15.2. The molecule has 0 N–H and O–H groups in total. The van der Waals surface area contributed by atoms with Crippen molar-refractivity contribution in [3.8, 4) is 10.4 Å². The van der Waals surface area contributed by atoms with Gasteiger partial charge in [0.15, 0.2) is 0 Å². The third-order valence-electron chi connectivity index (χ3n) is 4.89. The molecule has 0 saturated carbocycles. The van der Waals surface area contributed by atoms with Crippen LogP contribution in [0.3, 0.4) is 0 Å². The Labute approximate surface area is 161 Å². The molecule has 4 heterocycles. The summed E-state index contributed by atoms with van der Waals surface area (Å²) in [5.74, 6) is 0.189. The molecule has 4 rings (SSSR count). The highest BCUT2D eigenvalue weighted by molar-refractivity contribution is 7.13. The van der Waals surface area contributed by atoms with E-state index in [1.807, 2.05) is 23.6 Å². The lowest BCUT2D eigenvalue weighted by Gasteiger charge is -2.32. The first-order valence-electron chi connectivity index (χ1n) is 8.56. The number of amides is 1. The van der Waals surface area contributed by atoms with Gasteiger partial charge in [-0.05, 0) is 48.6 Å². The molecule has 1 atom stereocenters. The van der Waals surface area contributed by atoms with Crippen LogP contribution in [0.1, 0.15) is 32.5 Å². The van der Waals surface area contributed by atoms with Gasteiger partial charge in [0.1, 0.15) is 0 Å². The number of thiophene rings is 2. The minimum atomic E-state index is 0.000964. The fourth-order valence-electron chi connectivity index (χ4n) is 3.76. The van der Waals surface area contributed by atoms with Crippen molar-refractivity contribution in [2.24, 2.45) is 7.05 Å². The van der Waals surface area contributed by atoms with E-state index in [2.05, 4.69) is 42.3 Å². The second-order valence-electron chi connectivity index (χ2n) is 6.72. The van der Waals surface area contributed by atoms with Crippen LogP contribution in [0.5, 0.6) is 0 Å². The minimum Gasteiger partial charge on any atom is -0.333 e. The summed E-state index contributed by atoms with van der Waals surface area (Å²) in [6, 6.07) is 4.49. The Morgan fingerprint density at radius 3 is 2.88 bits per heavy atom. The van der Waals surface area contributed by atoms with E-state index in [0.29, 0.717) is 13.1 Å². The molecule has 0 bridgehead atoms. The molecule has 4 nitrogen and oxygen atoms in total. The van der Waals surface area contributed by atoms with Gasteiger partial charge in [-0.15, -0.1) is 22.7 Å². The van der Waals surface area contributed by atoms with Gasteiger partial charge in [0.05, 0.1) is 12.2 Å². The molecule has 0 spiro atoms. The van der Waals surface area contributed by atoms with Crippen molar-refractivity contribution in [2.45, 2.75) is 26.3 Å². The van der Waals surface area contributed by atoms with Crippen LogP contribution in [-0.2, 0) is 18.4 Å². The van der Waals surface area contributed by atoms with E-state index in [1.54, 1.807) is 22.7 Å². The van der Waals surface area contributed by atoms with Crippen molar-refractivity contribution in [3.63, 3.8) is 0 Å². The summed E-state index contributed by atoms with van der Waals surface area (Å²) < 4.78 is 1.86. The first-order valence-corrected chi connectivity index (χ1v) is 10.3. The molecule has 0 aliphatic carbocycles. The molecule has 1 unspecified atom stereocenters. The Hall–Kier alpha value is -2.18. The number of aryl methyl sites for hydroxylation is 3. The number of rotatable bonds is 3. The van der Waals surface area contributed by atoms with E-state index in [4.69, 9.17) is 0 Å². The Kier molecular flexibility index (Phi) is 4.32. The Morgan fingerprint density at radius 1 is 1.38 bits per heavy atom. The number of hydrogen-bond donors (Lipinski definition) is 0. The largest absolute Gasteiger partial charge is 0.333 e. The maximum atomic E-state index is 12.3. The van der Waals surface area contributed by atoms with Gasteiger partial charge in [-0.25, -0.2) is 0 Å². The van der Waals surface area contributed by atoms with Gasteiger partial charge >= 0.3 is 0 Å². The predicted octanol–water partition coefficient (Wildman–Crippen LogP) is 4.49. The molecule has 3 aromatic rings. The first-order chi connectivity index (χ1) is 12.5. The average Bonchev–Trinajstić information content (AvgIpc) is 3.30.